The van der Waals surface area contributed by atoms with Gasteiger partial charge in [0.2, 0.25) is 0 Å². The number of likely N-dealkylation sites (tertiary alicyclic amines) is 1. The van der Waals surface area contributed by atoms with Crippen LogP contribution in [0, 0.1) is 12.8 Å². The number of amides is 1. The van der Waals surface area contributed by atoms with Crippen molar-refractivity contribution in [2.45, 2.75) is 19.8 Å². The number of piperidine rings is 1. The molecule has 1 aromatic rings. The van der Waals surface area contributed by atoms with Crippen molar-refractivity contribution in [2.24, 2.45) is 5.92 Å². The lowest BCUT2D eigenvalue weighted by molar-refractivity contribution is -0.146. The Kier molecular flexibility index (Phi) is 4.65. The number of rotatable bonds is 2. The summed E-state index contributed by atoms with van der Waals surface area (Å²) in [5, 5.41) is 0.581. The fourth-order valence-corrected chi connectivity index (χ4v) is 2.61. The van der Waals surface area contributed by atoms with E-state index in [0.29, 0.717) is 23.7 Å². The molecule has 1 aliphatic rings. The zero-order valence-corrected chi connectivity index (χ0v) is 12.4. The van der Waals surface area contributed by atoms with Gasteiger partial charge in [-0.15, -0.1) is 0 Å². The minimum Gasteiger partial charge on any atom is -0.469 e. The average molecular weight is 296 g/mol. The molecule has 5 heteroatoms. The van der Waals surface area contributed by atoms with E-state index < -0.39 is 0 Å². The molecule has 4 nitrogen and oxygen atoms in total. The molecule has 1 heterocycles. The third-order valence-corrected chi connectivity index (χ3v) is 4.07. The van der Waals surface area contributed by atoms with Crippen LogP contribution in [0.25, 0.3) is 0 Å². The fraction of sp³-hybridized carbons (Fsp3) is 0.467. The number of ether oxygens (including phenoxy) is 1. The number of benzene rings is 1. The van der Waals surface area contributed by atoms with Gasteiger partial charge in [-0.1, -0.05) is 17.7 Å². The summed E-state index contributed by atoms with van der Waals surface area (Å²) >= 11 is 6.05. The first-order valence-electron chi connectivity index (χ1n) is 6.66. The Hall–Kier alpha value is -1.55. The van der Waals surface area contributed by atoms with E-state index in [1.54, 1.807) is 17.0 Å². The molecule has 0 radical (unpaired) electrons. The van der Waals surface area contributed by atoms with Crippen LogP contribution in [0.4, 0.5) is 0 Å². The molecule has 1 fully saturated rings. The second-order valence-electron chi connectivity index (χ2n) is 5.08. The monoisotopic (exact) mass is 295 g/mol. The minimum atomic E-state index is -0.246. The van der Waals surface area contributed by atoms with Gasteiger partial charge in [-0.2, -0.15) is 0 Å². The number of carbonyl (C=O) groups excluding carboxylic acids is 2. The molecule has 0 aromatic heterocycles. The number of aryl methyl sites for hydroxylation is 1. The molecule has 2 rings (SSSR count). The van der Waals surface area contributed by atoms with Gasteiger partial charge in [0.15, 0.2) is 0 Å². The van der Waals surface area contributed by atoms with Crippen LogP contribution >= 0.6 is 11.6 Å². The largest absolute Gasteiger partial charge is 0.469 e. The third-order valence-electron chi connectivity index (χ3n) is 3.66. The van der Waals surface area contributed by atoms with Gasteiger partial charge in [0.1, 0.15) is 0 Å². The van der Waals surface area contributed by atoms with E-state index in [2.05, 4.69) is 0 Å². The molecule has 20 heavy (non-hydrogen) atoms. The first-order valence-corrected chi connectivity index (χ1v) is 7.04. The summed E-state index contributed by atoms with van der Waals surface area (Å²) in [4.78, 5) is 25.7. The number of halogens is 1. The van der Waals surface area contributed by atoms with Crippen LogP contribution in [0.15, 0.2) is 18.2 Å². The molecule has 0 saturated carbocycles. The number of esters is 1. The first kappa shape index (κ1) is 14.9. The van der Waals surface area contributed by atoms with Gasteiger partial charge in [0.25, 0.3) is 5.91 Å². The Morgan fingerprint density at radius 3 is 2.80 bits per heavy atom. The van der Waals surface area contributed by atoms with Gasteiger partial charge in [-0.25, -0.2) is 0 Å². The zero-order chi connectivity index (χ0) is 14.7. The Morgan fingerprint density at radius 1 is 1.40 bits per heavy atom. The Labute approximate surface area is 123 Å². The van der Waals surface area contributed by atoms with Gasteiger partial charge in [-0.3, -0.25) is 9.59 Å². The van der Waals surface area contributed by atoms with Gasteiger partial charge >= 0.3 is 5.97 Å². The van der Waals surface area contributed by atoms with Crippen LogP contribution in [-0.2, 0) is 9.53 Å². The molecule has 1 amide bonds. The lowest BCUT2D eigenvalue weighted by Crippen LogP contribution is -2.42. The second kappa shape index (κ2) is 6.27. The number of hydrogen-bond donors (Lipinski definition) is 0. The molecular weight excluding hydrogens is 278 g/mol. The number of carbonyl (C=O) groups is 2. The Bertz CT molecular complexity index is 530. The van der Waals surface area contributed by atoms with Gasteiger partial charge in [-0.05, 0) is 37.5 Å². The van der Waals surface area contributed by atoms with E-state index in [1.165, 1.54) is 7.11 Å². The highest BCUT2D eigenvalue weighted by Gasteiger charge is 2.29. The van der Waals surface area contributed by atoms with Crippen molar-refractivity contribution in [2.75, 3.05) is 20.2 Å². The molecule has 0 unspecified atom stereocenters. The predicted molar refractivity (Wildman–Crippen MR) is 76.8 cm³/mol. The van der Waals surface area contributed by atoms with Crippen molar-refractivity contribution < 1.29 is 14.3 Å². The summed E-state index contributed by atoms with van der Waals surface area (Å²) in [5.41, 5.74) is 1.50. The third kappa shape index (κ3) is 3.12. The fourth-order valence-electron chi connectivity index (χ4n) is 2.43. The maximum Gasteiger partial charge on any atom is 0.310 e. The predicted octanol–water partition coefficient (Wildman–Crippen LogP) is 2.67. The summed E-state index contributed by atoms with van der Waals surface area (Å²) in [6.07, 6.45) is 1.58. The zero-order valence-electron chi connectivity index (χ0n) is 11.7. The van der Waals surface area contributed by atoms with E-state index in [9.17, 15) is 9.59 Å². The van der Waals surface area contributed by atoms with E-state index >= 15 is 0 Å². The molecule has 0 bridgehead atoms. The molecule has 108 valence electrons. The second-order valence-corrected chi connectivity index (χ2v) is 5.48. The molecule has 1 saturated heterocycles. The van der Waals surface area contributed by atoms with Crippen molar-refractivity contribution in [1.29, 1.82) is 0 Å². The van der Waals surface area contributed by atoms with Crippen LogP contribution in [-0.4, -0.2) is 37.0 Å². The molecule has 0 N–H and O–H groups in total. The van der Waals surface area contributed by atoms with Crippen molar-refractivity contribution in [3.63, 3.8) is 0 Å². The van der Waals surface area contributed by atoms with Crippen molar-refractivity contribution in [3.05, 3.63) is 34.3 Å². The van der Waals surface area contributed by atoms with E-state index in [0.717, 1.165) is 18.4 Å². The maximum atomic E-state index is 12.4. The summed E-state index contributed by atoms with van der Waals surface area (Å²) < 4.78 is 4.76. The maximum absolute atomic E-state index is 12.4. The molecule has 1 aliphatic heterocycles. The summed E-state index contributed by atoms with van der Waals surface area (Å²) in [6, 6.07) is 5.28. The lowest BCUT2D eigenvalue weighted by Gasteiger charge is -2.31. The quantitative estimate of drug-likeness (QED) is 0.788. The average Bonchev–Trinajstić information content (AvgIpc) is 2.48. The van der Waals surface area contributed by atoms with Gasteiger partial charge < -0.3 is 9.64 Å². The van der Waals surface area contributed by atoms with Gasteiger partial charge in [0, 0.05) is 23.7 Å². The molecule has 1 atom stereocenters. The van der Waals surface area contributed by atoms with Crippen LogP contribution in [0.3, 0.4) is 0 Å². The molecule has 0 spiro atoms. The van der Waals surface area contributed by atoms with Crippen molar-refractivity contribution in [3.8, 4) is 0 Å². The highest BCUT2D eigenvalue weighted by atomic mass is 35.5. The Balaban J connectivity index is 2.12. The number of nitrogens with zero attached hydrogens (tertiary/aromatic N) is 1. The van der Waals surface area contributed by atoms with Crippen molar-refractivity contribution in [1.82, 2.24) is 4.90 Å². The van der Waals surface area contributed by atoms with Crippen LogP contribution in [0.1, 0.15) is 28.8 Å². The van der Waals surface area contributed by atoms with Crippen molar-refractivity contribution >= 4 is 23.5 Å². The smallest absolute Gasteiger partial charge is 0.310 e. The summed E-state index contributed by atoms with van der Waals surface area (Å²) in [5.74, 6) is -0.552. The van der Waals surface area contributed by atoms with Crippen LogP contribution in [0.2, 0.25) is 5.02 Å². The van der Waals surface area contributed by atoms with Gasteiger partial charge in [0.05, 0.1) is 13.0 Å². The topological polar surface area (TPSA) is 46.6 Å². The SMILES string of the molecule is COC(=O)[C@H]1CCCN(C(=O)c2ccc(C)c(Cl)c2)C1. The highest BCUT2D eigenvalue weighted by molar-refractivity contribution is 6.31. The molecule has 1 aromatic carbocycles. The summed E-state index contributed by atoms with van der Waals surface area (Å²) in [6.45, 7) is 2.97. The highest BCUT2D eigenvalue weighted by Crippen LogP contribution is 2.22. The Morgan fingerprint density at radius 2 is 2.15 bits per heavy atom. The van der Waals surface area contributed by atoms with E-state index in [4.69, 9.17) is 16.3 Å². The van der Waals surface area contributed by atoms with E-state index in [-0.39, 0.29) is 17.8 Å². The minimum absolute atomic E-state index is 0.0829. The number of hydrogen-bond acceptors (Lipinski definition) is 3. The normalized spacial score (nSPS) is 18.8. The summed E-state index contributed by atoms with van der Waals surface area (Å²) in [7, 11) is 1.38. The molecular formula is C15H18ClNO3. The van der Waals surface area contributed by atoms with Crippen LogP contribution < -0.4 is 0 Å². The number of methoxy groups -OCH3 is 1. The molecule has 0 aliphatic carbocycles. The van der Waals surface area contributed by atoms with Crippen LogP contribution in [0.5, 0.6) is 0 Å². The first-order chi connectivity index (χ1) is 9.52. The lowest BCUT2D eigenvalue weighted by atomic mass is 9.97. The standard InChI is InChI=1S/C15H18ClNO3/c1-10-5-6-11(8-13(10)16)14(18)17-7-3-4-12(9-17)15(19)20-2/h5-6,8,12H,3-4,7,9H2,1-2H3/t12-/m0/s1. The van der Waals surface area contributed by atoms with E-state index in [1.807, 2.05) is 13.0 Å².